The molecule has 3 heterocycles. The van der Waals surface area contributed by atoms with Crippen LogP contribution in [0.4, 0.5) is 11.5 Å². The van der Waals surface area contributed by atoms with Crippen molar-refractivity contribution in [3.63, 3.8) is 0 Å². The topological polar surface area (TPSA) is 67.1 Å². The number of fused-ring (bicyclic) bond motifs is 3. The number of aromatic nitrogens is 2. The number of nitrogens with one attached hydrogen (secondary N) is 1. The molecule has 0 radical (unpaired) electrons. The number of aryl methyl sites for hydroxylation is 1. The second kappa shape index (κ2) is 5.95. The average molecular weight is 349 g/mol. The minimum Gasteiger partial charge on any atom is -0.384 e. The number of hydrogen-bond acceptors (Lipinski definition) is 5. The van der Waals surface area contributed by atoms with Crippen LogP contribution in [0.25, 0.3) is 0 Å². The predicted octanol–water partition coefficient (Wildman–Crippen LogP) is 2.95. The molecule has 1 spiro atoms. The summed E-state index contributed by atoms with van der Waals surface area (Å²) in [5.74, 6) is 1.77. The van der Waals surface area contributed by atoms with Gasteiger partial charge in [-0.25, -0.2) is 9.97 Å². The first-order chi connectivity index (χ1) is 12.7. The van der Waals surface area contributed by atoms with E-state index in [9.17, 15) is 0 Å². The van der Waals surface area contributed by atoms with Crippen LogP contribution in [0.5, 0.6) is 0 Å². The Morgan fingerprint density at radius 2 is 2.12 bits per heavy atom. The highest BCUT2D eigenvalue weighted by Gasteiger charge is 2.42. The van der Waals surface area contributed by atoms with Crippen molar-refractivity contribution < 1.29 is 0 Å². The molecule has 1 aromatic heterocycles. The van der Waals surface area contributed by atoms with E-state index in [4.69, 9.17) is 10.7 Å². The first kappa shape index (κ1) is 16.1. The van der Waals surface area contributed by atoms with Gasteiger partial charge < -0.3 is 16.0 Å². The fraction of sp³-hybridized carbons (Fsp3) is 0.524. The fourth-order valence-electron chi connectivity index (χ4n) is 5.14. The molecule has 3 aliphatic rings. The van der Waals surface area contributed by atoms with Crippen molar-refractivity contribution >= 4 is 11.5 Å². The summed E-state index contributed by atoms with van der Waals surface area (Å²) in [6, 6.07) is 6.68. The Hall–Kier alpha value is -2.14. The second-order valence-electron chi connectivity index (χ2n) is 8.20. The number of hydrogen-bond donors (Lipinski definition) is 2. The molecule has 0 saturated carbocycles. The number of piperidine rings is 1. The normalized spacial score (nSPS) is 23.0. The van der Waals surface area contributed by atoms with Gasteiger partial charge in [-0.15, -0.1) is 0 Å². The molecule has 5 rings (SSSR count). The molecule has 1 saturated heterocycles. The molecule has 26 heavy (non-hydrogen) atoms. The SMILES string of the molecule is CC1CCc2ncnc(N3CCC4(CC3)CNc3ccc(CN)cc34)c21. The van der Waals surface area contributed by atoms with Crippen LogP contribution in [-0.2, 0) is 18.4 Å². The zero-order valence-electron chi connectivity index (χ0n) is 15.5. The maximum Gasteiger partial charge on any atom is 0.135 e. The summed E-state index contributed by atoms with van der Waals surface area (Å²) in [5.41, 5.74) is 12.8. The molecule has 5 nitrogen and oxygen atoms in total. The highest BCUT2D eigenvalue weighted by atomic mass is 15.2. The van der Waals surface area contributed by atoms with Gasteiger partial charge in [-0.3, -0.25) is 0 Å². The van der Waals surface area contributed by atoms with Crippen molar-refractivity contribution in [1.29, 1.82) is 0 Å². The van der Waals surface area contributed by atoms with Gasteiger partial charge in [0.05, 0.1) is 0 Å². The Balaban J connectivity index is 1.41. The summed E-state index contributed by atoms with van der Waals surface area (Å²) in [6.07, 6.45) is 6.39. The molecule has 0 amide bonds. The maximum absolute atomic E-state index is 5.88. The summed E-state index contributed by atoms with van der Waals surface area (Å²) >= 11 is 0. The lowest BCUT2D eigenvalue weighted by Crippen LogP contribution is -2.44. The van der Waals surface area contributed by atoms with Crippen LogP contribution in [-0.4, -0.2) is 29.6 Å². The van der Waals surface area contributed by atoms with Crippen LogP contribution in [0.1, 0.15) is 54.5 Å². The monoisotopic (exact) mass is 349 g/mol. The van der Waals surface area contributed by atoms with Crippen molar-refractivity contribution in [2.24, 2.45) is 5.73 Å². The van der Waals surface area contributed by atoms with Crippen molar-refractivity contribution in [1.82, 2.24) is 9.97 Å². The molecule has 5 heteroatoms. The third-order valence-corrected chi connectivity index (χ3v) is 6.78. The van der Waals surface area contributed by atoms with Crippen molar-refractivity contribution in [3.8, 4) is 0 Å². The molecule has 1 aliphatic carbocycles. The Labute approximate surface area is 155 Å². The van der Waals surface area contributed by atoms with E-state index >= 15 is 0 Å². The highest BCUT2D eigenvalue weighted by Crippen LogP contribution is 2.46. The lowest BCUT2D eigenvalue weighted by molar-refractivity contribution is 0.360. The van der Waals surface area contributed by atoms with Gasteiger partial charge >= 0.3 is 0 Å². The Morgan fingerprint density at radius 3 is 2.92 bits per heavy atom. The Kier molecular flexibility index (Phi) is 3.67. The molecule has 1 fully saturated rings. The number of nitrogens with zero attached hydrogens (tertiary/aromatic N) is 3. The smallest absolute Gasteiger partial charge is 0.135 e. The third-order valence-electron chi connectivity index (χ3n) is 6.78. The first-order valence-corrected chi connectivity index (χ1v) is 9.86. The molecule has 1 unspecified atom stereocenters. The molecule has 2 aliphatic heterocycles. The Bertz CT molecular complexity index is 838. The van der Waals surface area contributed by atoms with Gasteiger partial charge in [0, 0.05) is 48.5 Å². The summed E-state index contributed by atoms with van der Waals surface area (Å²) in [5, 5.41) is 3.63. The molecule has 1 aromatic carbocycles. The molecule has 0 bridgehead atoms. The molecular weight excluding hydrogens is 322 g/mol. The van der Waals surface area contributed by atoms with Crippen LogP contribution in [0.2, 0.25) is 0 Å². The number of nitrogens with two attached hydrogens (primary N) is 1. The molecular formula is C21H27N5. The molecule has 1 atom stereocenters. The average Bonchev–Trinajstić information content (AvgIpc) is 3.24. The molecule has 136 valence electrons. The third kappa shape index (κ3) is 2.33. The van der Waals surface area contributed by atoms with Crippen LogP contribution in [0, 0.1) is 0 Å². The molecule has 2 aromatic rings. The van der Waals surface area contributed by atoms with E-state index in [0.29, 0.717) is 12.5 Å². The zero-order valence-corrected chi connectivity index (χ0v) is 15.5. The van der Waals surface area contributed by atoms with Crippen LogP contribution < -0.4 is 16.0 Å². The minimum atomic E-state index is 0.249. The fourth-order valence-corrected chi connectivity index (χ4v) is 5.14. The number of anilines is 2. The zero-order chi connectivity index (χ0) is 17.7. The quantitative estimate of drug-likeness (QED) is 0.872. The van der Waals surface area contributed by atoms with Gasteiger partial charge in [-0.05, 0) is 48.8 Å². The van der Waals surface area contributed by atoms with Crippen LogP contribution in [0.15, 0.2) is 24.5 Å². The van der Waals surface area contributed by atoms with E-state index in [-0.39, 0.29) is 5.41 Å². The van der Waals surface area contributed by atoms with Crippen LogP contribution in [0.3, 0.4) is 0 Å². The van der Waals surface area contributed by atoms with E-state index in [0.717, 1.165) is 38.9 Å². The summed E-state index contributed by atoms with van der Waals surface area (Å²) in [4.78, 5) is 11.7. The van der Waals surface area contributed by atoms with E-state index < -0.39 is 0 Å². The number of benzene rings is 1. The highest BCUT2D eigenvalue weighted by molar-refractivity contribution is 5.62. The van der Waals surface area contributed by atoms with E-state index in [2.05, 4.69) is 40.3 Å². The largest absolute Gasteiger partial charge is 0.384 e. The summed E-state index contributed by atoms with van der Waals surface area (Å²) in [6.45, 7) is 6.09. The maximum atomic E-state index is 5.88. The van der Waals surface area contributed by atoms with E-state index in [1.165, 1.54) is 40.3 Å². The van der Waals surface area contributed by atoms with E-state index in [1.807, 2.05) is 0 Å². The standard InChI is InChI=1S/C21H27N5/c1-14-2-4-18-19(14)20(25-13-24-18)26-8-6-21(7-9-26)12-23-17-5-3-15(11-22)10-16(17)21/h3,5,10,13-14,23H,2,4,6-9,11-12,22H2,1H3. The van der Waals surface area contributed by atoms with Gasteiger partial charge in [0.15, 0.2) is 0 Å². The molecule has 3 N–H and O–H groups in total. The van der Waals surface area contributed by atoms with Gasteiger partial charge in [0.2, 0.25) is 0 Å². The second-order valence-corrected chi connectivity index (χ2v) is 8.20. The van der Waals surface area contributed by atoms with Gasteiger partial charge in [0.1, 0.15) is 12.1 Å². The summed E-state index contributed by atoms with van der Waals surface area (Å²) < 4.78 is 0. The lowest BCUT2D eigenvalue weighted by Gasteiger charge is -2.40. The van der Waals surface area contributed by atoms with Crippen molar-refractivity contribution in [3.05, 3.63) is 46.9 Å². The van der Waals surface area contributed by atoms with Gasteiger partial charge in [0.25, 0.3) is 0 Å². The first-order valence-electron chi connectivity index (χ1n) is 9.86. The van der Waals surface area contributed by atoms with Crippen LogP contribution >= 0.6 is 0 Å². The van der Waals surface area contributed by atoms with Gasteiger partial charge in [-0.2, -0.15) is 0 Å². The minimum absolute atomic E-state index is 0.249. The predicted molar refractivity (Wildman–Crippen MR) is 105 cm³/mol. The van der Waals surface area contributed by atoms with Gasteiger partial charge in [-0.1, -0.05) is 19.1 Å². The summed E-state index contributed by atoms with van der Waals surface area (Å²) in [7, 11) is 0. The lowest BCUT2D eigenvalue weighted by atomic mass is 9.74. The van der Waals surface area contributed by atoms with Crippen molar-refractivity contribution in [2.45, 2.75) is 50.5 Å². The Morgan fingerprint density at radius 1 is 1.27 bits per heavy atom. The number of rotatable bonds is 2. The van der Waals surface area contributed by atoms with E-state index in [1.54, 1.807) is 6.33 Å². The van der Waals surface area contributed by atoms with Crippen molar-refractivity contribution in [2.75, 3.05) is 29.9 Å².